The minimum absolute atomic E-state index is 0.0193. The van der Waals surface area contributed by atoms with Crippen LogP contribution in [0.25, 0.3) is 0 Å². The number of fused-ring (bicyclic) bond motifs is 1. The van der Waals surface area contributed by atoms with Crippen molar-refractivity contribution in [1.29, 1.82) is 0 Å². The van der Waals surface area contributed by atoms with Gasteiger partial charge in [0.1, 0.15) is 25.8 Å². The molecule has 3 N–H and O–H groups in total. The number of amides is 3. The predicted molar refractivity (Wildman–Crippen MR) is 110 cm³/mol. The number of aliphatic carboxylic acids is 1. The molecule has 0 aliphatic carbocycles. The predicted octanol–water partition coefficient (Wildman–Crippen LogP) is 0.542. The Morgan fingerprint density at radius 2 is 1.90 bits per heavy atom. The summed E-state index contributed by atoms with van der Waals surface area (Å²) in [6.07, 6.45) is 0.370. The van der Waals surface area contributed by atoms with Crippen molar-refractivity contribution >= 4 is 29.4 Å². The zero-order chi connectivity index (χ0) is 22.5. The molecule has 168 valence electrons. The van der Waals surface area contributed by atoms with Crippen molar-refractivity contribution in [1.82, 2.24) is 10.6 Å². The molecule has 0 spiro atoms. The lowest BCUT2D eigenvalue weighted by Gasteiger charge is -2.23. The zero-order valence-corrected chi connectivity index (χ0v) is 17.6. The van der Waals surface area contributed by atoms with Crippen LogP contribution < -0.4 is 25.0 Å². The van der Waals surface area contributed by atoms with Crippen LogP contribution in [-0.2, 0) is 19.2 Å². The van der Waals surface area contributed by atoms with Crippen molar-refractivity contribution in [3.63, 3.8) is 0 Å². The third kappa shape index (κ3) is 5.65. The number of anilines is 1. The molecule has 0 aromatic heterocycles. The van der Waals surface area contributed by atoms with E-state index in [0.29, 0.717) is 36.8 Å². The summed E-state index contributed by atoms with van der Waals surface area (Å²) in [7, 11) is 0. The third-order valence-corrected chi connectivity index (χ3v) is 5.09. The number of nitrogens with one attached hydrogen (secondary N) is 2. The summed E-state index contributed by atoms with van der Waals surface area (Å²) in [5.41, 5.74) is 0.613. The molecule has 2 atom stereocenters. The first kappa shape index (κ1) is 22.4. The molecule has 0 saturated carbocycles. The fraction of sp³-hybridized carbons (Fsp3) is 0.524. The van der Waals surface area contributed by atoms with E-state index in [4.69, 9.17) is 14.6 Å². The maximum Gasteiger partial charge on any atom is 0.322 e. The van der Waals surface area contributed by atoms with Crippen LogP contribution in [0.15, 0.2) is 18.2 Å². The third-order valence-electron chi connectivity index (χ3n) is 5.09. The van der Waals surface area contributed by atoms with Gasteiger partial charge in [0, 0.05) is 24.7 Å². The van der Waals surface area contributed by atoms with Crippen molar-refractivity contribution in [2.45, 2.75) is 32.7 Å². The quantitative estimate of drug-likeness (QED) is 0.545. The maximum absolute atomic E-state index is 12.8. The molecule has 31 heavy (non-hydrogen) atoms. The SMILES string of the molecule is CC(C)CC(NC(=O)C1CC(=O)N(c2ccc3c(c2)OCCO3)C1)C(=O)NCC(=O)O. The molecule has 0 bridgehead atoms. The minimum Gasteiger partial charge on any atom is -0.486 e. The highest BCUT2D eigenvalue weighted by Gasteiger charge is 2.37. The second kappa shape index (κ2) is 9.67. The molecule has 1 fully saturated rings. The Hall–Kier alpha value is -3.30. The van der Waals surface area contributed by atoms with Crippen LogP contribution in [0.1, 0.15) is 26.7 Å². The number of carbonyl (C=O) groups is 4. The molecule has 2 aliphatic rings. The Bertz CT molecular complexity index is 871. The van der Waals surface area contributed by atoms with E-state index >= 15 is 0 Å². The van der Waals surface area contributed by atoms with E-state index in [-0.39, 0.29) is 24.8 Å². The van der Waals surface area contributed by atoms with E-state index in [2.05, 4.69) is 10.6 Å². The number of hydrogen-bond acceptors (Lipinski definition) is 6. The second-order valence-corrected chi connectivity index (χ2v) is 8.04. The number of carboxylic acid groups (broad SMARTS) is 1. The molecule has 2 heterocycles. The van der Waals surface area contributed by atoms with Gasteiger partial charge < -0.3 is 30.1 Å². The first-order valence-corrected chi connectivity index (χ1v) is 10.2. The summed E-state index contributed by atoms with van der Waals surface area (Å²) in [4.78, 5) is 49.9. The minimum atomic E-state index is -1.17. The maximum atomic E-state index is 12.8. The van der Waals surface area contributed by atoms with Crippen molar-refractivity contribution in [2.75, 3.05) is 31.2 Å². The Morgan fingerprint density at radius 1 is 1.19 bits per heavy atom. The fourth-order valence-electron chi connectivity index (χ4n) is 3.61. The number of hydrogen-bond donors (Lipinski definition) is 3. The molecule has 10 heteroatoms. The summed E-state index contributed by atoms with van der Waals surface area (Å²) >= 11 is 0. The molecular formula is C21H27N3O7. The molecule has 3 amide bonds. The molecule has 2 aliphatic heterocycles. The summed E-state index contributed by atoms with van der Waals surface area (Å²) in [6, 6.07) is 4.32. The van der Waals surface area contributed by atoms with Gasteiger partial charge in [-0.15, -0.1) is 0 Å². The van der Waals surface area contributed by atoms with E-state index in [1.165, 1.54) is 4.90 Å². The summed E-state index contributed by atoms with van der Waals surface area (Å²) < 4.78 is 11.1. The molecule has 2 unspecified atom stereocenters. The Morgan fingerprint density at radius 3 is 2.58 bits per heavy atom. The average molecular weight is 433 g/mol. The molecule has 0 radical (unpaired) electrons. The number of carboxylic acids is 1. The van der Waals surface area contributed by atoms with Gasteiger partial charge in [-0.1, -0.05) is 13.8 Å². The van der Waals surface area contributed by atoms with Gasteiger partial charge in [0.15, 0.2) is 11.5 Å². The van der Waals surface area contributed by atoms with E-state index in [1.54, 1.807) is 18.2 Å². The number of benzene rings is 1. The van der Waals surface area contributed by atoms with Crippen molar-refractivity contribution in [2.24, 2.45) is 11.8 Å². The number of nitrogens with zero attached hydrogens (tertiary/aromatic N) is 1. The van der Waals surface area contributed by atoms with Gasteiger partial charge in [-0.05, 0) is 24.5 Å². The van der Waals surface area contributed by atoms with Crippen molar-refractivity contribution in [3.8, 4) is 11.5 Å². The van der Waals surface area contributed by atoms with Gasteiger partial charge in [-0.3, -0.25) is 19.2 Å². The lowest BCUT2D eigenvalue weighted by atomic mass is 10.0. The molecule has 10 nitrogen and oxygen atoms in total. The topological polar surface area (TPSA) is 134 Å². The number of ether oxygens (including phenoxy) is 2. The Labute approximate surface area is 179 Å². The number of carbonyl (C=O) groups excluding carboxylic acids is 3. The number of rotatable bonds is 8. The van der Waals surface area contributed by atoms with E-state index in [9.17, 15) is 19.2 Å². The molecular weight excluding hydrogens is 406 g/mol. The van der Waals surface area contributed by atoms with Crippen molar-refractivity contribution in [3.05, 3.63) is 18.2 Å². The molecule has 3 rings (SSSR count). The first-order valence-electron chi connectivity index (χ1n) is 10.2. The van der Waals surface area contributed by atoms with Crippen LogP contribution in [0.4, 0.5) is 5.69 Å². The van der Waals surface area contributed by atoms with Crippen LogP contribution in [0.3, 0.4) is 0 Å². The van der Waals surface area contributed by atoms with E-state index < -0.39 is 36.3 Å². The van der Waals surface area contributed by atoms with Crippen LogP contribution in [0, 0.1) is 11.8 Å². The average Bonchev–Trinajstić information content (AvgIpc) is 3.12. The lowest BCUT2D eigenvalue weighted by Crippen LogP contribution is -2.50. The monoisotopic (exact) mass is 433 g/mol. The van der Waals surface area contributed by atoms with Gasteiger partial charge in [0.25, 0.3) is 0 Å². The van der Waals surface area contributed by atoms with Crippen LogP contribution in [0.5, 0.6) is 11.5 Å². The fourth-order valence-corrected chi connectivity index (χ4v) is 3.61. The summed E-state index contributed by atoms with van der Waals surface area (Å²) in [6.45, 7) is 4.34. The Kier molecular flexibility index (Phi) is 6.98. The zero-order valence-electron chi connectivity index (χ0n) is 17.6. The first-order chi connectivity index (χ1) is 14.7. The van der Waals surface area contributed by atoms with E-state index in [0.717, 1.165) is 0 Å². The van der Waals surface area contributed by atoms with Crippen LogP contribution in [-0.4, -0.2) is 61.1 Å². The van der Waals surface area contributed by atoms with Crippen LogP contribution >= 0.6 is 0 Å². The Balaban J connectivity index is 1.65. The summed E-state index contributed by atoms with van der Waals surface area (Å²) in [5, 5.41) is 13.7. The highest BCUT2D eigenvalue weighted by molar-refractivity contribution is 6.01. The highest BCUT2D eigenvalue weighted by Crippen LogP contribution is 2.36. The van der Waals surface area contributed by atoms with Gasteiger partial charge >= 0.3 is 5.97 Å². The van der Waals surface area contributed by atoms with Gasteiger partial charge in [-0.2, -0.15) is 0 Å². The smallest absolute Gasteiger partial charge is 0.322 e. The molecule has 1 saturated heterocycles. The van der Waals surface area contributed by atoms with Gasteiger partial charge in [0.05, 0.1) is 5.92 Å². The van der Waals surface area contributed by atoms with Crippen molar-refractivity contribution < 1.29 is 33.8 Å². The summed E-state index contributed by atoms with van der Waals surface area (Å²) in [5.74, 6) is -1.70. The molecule has 1 aromatic rings. The molecule has 1 aromatic carbocycles. The van der Waals surface area contributed by atoms with Gasteiger partial charge in [-0.25, -0.2) is 0 Å². The highest BCUT2D eigenvalue weighted by atomic mass is 16.6. The van der Waals surface area contributed by atoms with Gasteiger partial charge in [0.2, 0.25) is 17.7 Å². The second-order valence-electron chi connectivity index (χ2n) is 8.04. The lowest BCUT2D eigenvalue weighted by molar-refractivity contribution is -0.138. The standard InChI is InChI=1S/C21H27N3O7/c1-12(2)7-15(21(29)22-10-19(26)27)23-20(28)13-8-18(25)24(11-13)14-3-4-16-17(9-14)31-6-5-30-16/h3-4,9,12-13,15H,5-8,10-11H2,1-2H3,(H,22,29)(H,23,28)(H,26,27). The largest absolute Gasteiger partial charge is 0.486 e. The van der Waals surface area contributed by atoms with E-state index in [1.807, 2.05) is 13.8 Å². The van der Waals surface area contributed by atoms with Crippen LogP contribution in [0.2, 0.25) is 0 Å². The normalized spacial score (nSPS) is 18.6.